The molecule has 0 aromatic heterocycles. The van der Waals surface area contributed by atoms with Gasteiger partial charge >= 0.3 is 5.97 Å². The lowest BCUT2D eigenvalue weighted by atomic mass is 10.1. The van der Waals surface area contributed by atoms with Crippen LogP contribution in [0.2, 0.25) is 0 Å². The quantitative estimate of drug-likeness (QED) is 0.353. The Balaban J connectivity index is 3.16. The van der Waals surface area contributed by atoms with Gasteiger partial charge in [-0.2, -0.15) is 0 Å². The van der Waals surface area contributed by atoms with Crippen molar-refractivity contribution in [2.24, 2.45) is 0 Å². The third-order valence-electron chi connectivity index (χ3n) is 3.07. The molecule has 2 heteroatoms. The van der Waals surface area contributed by atoms with Crippen molar-refractivity contribution in [1.29, 1.82) is 0 Å². The van der Waals surface area contributed by atoms with Gasteiger partial charge in [-0.25, -0.2) is 0 Å². The fraction of sp³-hybridized carbons (Fsp3) is 0.706. The van der Waals surface area contributed by atoms with Crippen molar-refractivity contribution in [3.8, 4) is 0 Å². The molecule has 0 radical (unpaired) electrons. The van der Waals surface area contributed by atoms with Gasteiger partial charge < -0.3 is 5.11 Å². The maximum atomic E-state index is 10.3. The second kappa shape index (κ2) is 15.0. The molecule has 0 aromatic rings. The fourth-order valence-electron chi connectivity index (χ4n) is 1.89. The highest BCUT2D eigenvalue weighted by molar-refractivity contribution is 5.66. The molecule has 0 rings (SSSR count). The molecule has 0 unspecified atom stereocenters. The molecule has 0 saturated carbocycles. The molecule has 0 aliphatic rings. The highest BCUT2D eigenvalue weighted by atomic mass is 16.4. The SMILES string of the molecule is CCCCC/C=C/CCCCC/C=C/CCC(=O)O. The molecule has 110 valence electrons. The van der Waals surface area contributed by atoms with E-state index in [1.54, 1.807) is 0 Å². The Hall–Kier alpha value is -1.05. The Morgan fingerprint density at radius 3 is 1.74 bits per heavy atom. The van der Waals surface area contributed by atoms with Gasteiger partial charge in [-0.1, -0.05) is 50.5 Å². The first-order valence-electron chi connectivity index (χ1n) is 7.79. The molecule has 0 atom stereocenters. The minimum absolute atomic E-state index is 0.249. The lowest BCUT2D eigenvalue weighted by molar-refractivity contribution is -0.136. The van der Waals surface area contributed by atoms with Gasteiger partial charge in [0.25, 0.3) is 0 Å². The van der Waals surface area contributed by atoms with Gasteiger partial charge in [0.2, 0.25) is 0 Å². The van der Waals surface area contributed by atoms with Gasteiger partial charge in [0.1, 0.15) is 0 Å². The molecule has 0 aromatic carbocycles. The minimum atomic E-state index is -0.713. The van der Waals surface area contributed by atoms with Crippen molar-refractivity contribution < 1.29 is 9.90 Å². The summed E-state index contributed by atoms with van der Waals surface area (Å²) in [6, 6.07) is 0. The summed E-state index contributed by atoms with van der Waals surface area (Å²) in [5, 5.41) is 8.46. The molecule has 0 amide bonds. The zero-order chi connectivity index (χ0) is 14.2. The van der Waals surface area contributed by atoms with Crippen LogP contribution in [-0.4, -0.2) is 11.1 Å². The third-order valence-corrected chi connectivity index (χ3v) is 3.07. The summed E-state index contributed by atoms with van der Waals surface area (Å²) in [7, 11) is 0. The monoisotopic (exact) mass is 266 g/mol. The van der Waals surface area contributed by atoms with Crippen LogP contribution in [0.3, 0.4) is 0 Å². The van der Waals surface area contributed by atoms with Crippen LogP contribution in [0.1, 0.15) is 77.6 Å². The average Bonchev–Trinajstić information content (AvgIpc) is 2.39. The number of carboxylic acids is 1. The molecule has 0 bridgehead atoms. The summed E-state index contributed by atoms with van der Waals surface area (Å²) in [5.41, 5.74) is 0. The zero-order valence-corrected chi connectivity index (χ0v) is 12.4. The summed E-state index contributed by atoms with van der Waals surface area (Å²) < 4.78 is 0. The van der Waals surface area contributed by atoms with Gasteiger partial charge in [-0.15, -0.1) is 0 Å². The Kier molecular flexibility index (Phi) is 14.2. The van der Waals surface area contributed by atoms with E-state index in [2.05, 4.69) is 25.2 Å². The van der Waals surface area contributed by atoms with Crippen LogP contribution in [0.25, 0.3) is 0 Å². The number of carboxylic acid groups (broad SMARTS) is 1. The highest BCUT2D eigenvalue weighted by Gasteiger charge is 1.91. The van der Waals surface area contributed by atoms with Crippen LogP contribution < -0.4 is 0 Å². The summed E-state index contributed by atoms with van der Waals surface area (Å²) >= 11 is 0. The van der Waals surface area contributed by atoms with Crippen molar-refractivity contribution in [3.05, 3.63) is 24.3 Å². The molecular formula is C17H30O2. The summed E-state index contributed by atoms with van der Waals surface area (Å²) in [4.78, 5) is 10.3. The number of rotatable bonds is 13. The number of allylic oxidation sites excluding steroid dienone is 4. The molecule has 19 heavy (non-hydrogen) atoms. The maximum absolute atomic E-state index is 10.3. The molecule has 0 heterocycles. The zero-order valence-electron chi connectivity index (χ0n) is 12.4. The molecule has 0 aliphatic carbocycles. The molecule has 0 aliphatic heterocycles. The van der Waals surface area contributed by atoms with Crippen LogP contribution in [0.15, 0.2) is 24.3 Å². The van der Waals surface area contributed by atoms with E-state index < -0.39 is 5.97 Å². The number of aliphatic carboxylic acids is 1. The molecule has 2 nitrogen and oxygen atoms in total. The predicted molar refractivity (Wildman–Crippen MR) is 82.4 cm³/mol. The summed E-state index contributed by atoms with van der Waals surface area (Å²) in [6.07, 6.45) is 20.9. The Morgan fingerprint density at radius 2 is 1.26 bits per heavy atom. The Labute approximate surface area is 118 Å². The molecule has 0 fully saturated rings. The van der Waals surface area contributed by atoms with E-state index >= 15 is 0 Å². The molecular weight excluding hydrogens is 236 g/mol. The fourth-order valence-corrected chi connectivity index (χ4v) is 1.89. The van der Waals surface area contributed by atoms with Gasteiger partial charge in [0, 0.05) is 6.42 Å². The Morgan fingerprint density at radius 1 is 0.789 bits per heavy atom. The topological polar surface area (TPSA) is 37.3 Å². The first-order valence-corrected chi connectivity index (χ1v) is 7.79. The third kappa shape index (κ3) is 16.9. The number of carbonyl (C=O) groups is 1. The highest BCUT2D eigenvalue weighted by Crippen LogP contribution is 2.06. The normalized spacial score (nSPS) is 11.6. The van der Waals surface area contributed by atoms with Crippen LogP contribution in [0.4, 0.5) is 0 Å². The second-order valence-corrected chi connectivity index (χ2v) is 5.01. The van der Waals surface area contributed by atoms with Crippen LogP contribution in [-0.2, 0) is 4.79 Å². The van der Waals surface area contributed by atoms with E-state index in [9.17, 15) is 4.79 Å². The molecule has 1 N–H and O–H groups in total. The Bertz CT molecular complexity index is 254. The smallest absolute Gasteiger partial charge is 0.303 e. The van der Waals surface area contributed by atoms with E-state index in [1.165, 1.54) is 51.4 Å². The van der Waals surface area contributed by atoms with E-state index in [-0.39, 0.29) is 6.42 Å². The largest absolute Gasteiger partial charge is 0.481 e. The summed E-state index contributed by atoms with van der Waals surface area (Å²) in [5.74, 6) is -0.713. The van der Waals surface area contributed by atoms with E-state index in [1.807, 2.05) is 6.08 Å². The first-order chi connectivity index (χ1) is 9.27. The predicted octanol–water partition coefficient (Wildman–Crippen LogP) is 5.49. The van der Waals surface area contributed by atoms with Crippen molar-refractivity contribution in [2.75, 3.05) is 0 Å². The molecule has 0 saturated heterocycles. The standard InChI is InChI=1S/C17H30O2/c1-2-3-4-5-6-7-8-9-10-11-12-13-14-15-16-17(18)19/h6-7,13-14H,2-5,8-12,15-16H2,1H3,(H,18,19)/b7-6+,14-13+. The van der Waals surface area contributed by atoms with Gasteiger partial charge in [0.05, 0.1) is 0 Å². The average molecular weight is 266 g/mol. The van der Waals surface area contributed by atoms with Crippen LogP contribution in [0.5, 0.6) is 0 Å². The number of hydrogen-bond acceptors (Lipinski definition) is 1. The molecule has 0 spiro atoms. The number of hydrogen-bond donors (Lipinski definition) is 1. The van der Waals surface area contributed by atoms with Gasteiger partial charge in [-0.3, -0.25) is 4.79 Å². The summed E-state index contributed by atoms with van der Waals surface area (Å²) in [6.45, 7) is 2.24. The maximum Gasteiger partial charge on any atom is 0.303 e. The van der Waals surface area contributed by atoms with Crippen molar-refractivity contribution in [1.82, 2.24) is 0 Å². The lowest BCUT2D eigenvalue weighted by Gasteiger charge is -1.96. The van der Waals surface area contributed by atoms with E-state index in [4.69, 9.17) is 5.11 Å². The lowest BCUT2D eigenvalue weighted by Crippen LogP contribution is -1.91. The first kappa shape index (κ1) is 17.9. The van der Waals surface area contributed by atoms with Crippen LogP contribution in [0, 0.1) is 0 Å². The second-order valence-electron chi connectivity index (χ2n) is 5.01. The van der Waals surface area contributed by atoms with E-state index in [0.29, 0.717) is 6.42 Å². The van der Waals surface area contributed by atoms with Crippen LogP contribution >= 0.6 is 0 Å². The van der Waals surface area contributed by atoms with E-state index in [0.717, 1.165) is 6.42 Å². The van der Waals surface area contributed by atoms with Crippen molar-refractivity contribution in [2.45, 2.75) is 77.6 Å². The number of unbranched alkanes of at least 4 members (excludes halogenated alkanes) is 7. The van der Waals surface area contributed by atoms with Crippen molar-refractivity contribution in [3.63, 3.8) is 0 Å². The van der Waals surface area contributed by atoms with Crippen molar-refractivity contribution >= 4 is 5.97 Å². The van der Waals surface area contributed by atoms with Gasteiger partial charge in [0.15, 0.2) is 0 Å². The van der Waals surface area contributed by atoms with Gasteiger partial charge in [-0.05, 0) is 44.9 Å². The minimum Gasteiger partial charge on any atom is -0.481 e.